The number of pyridine rings is 1. The number of amides is 1. The third kappa shape index (κ3) is 3.57. The van der Waals surface area contributed by atoms with Crippen LogP contribution in [0.5, 0.6) is 0 Å². The molecule has 0 atom stereocenters. The number of aromatic amines is 1. The fourth-order valence-electron chi connectivity index (χ4n) is 2.32. The molecule has 7 heteroatoms. The lowest BCUT2D eigenvalue weighted by atomic mass is 10.1. The van der Waals surface area contributed by atoms with E-state index in [0.717, 1.165) is 16.7 Å². The van der Waals surface area contributed by atoms with Crippen LogP contribution < -0.4 is 5.32 Å². The average Bonchev–Trinajstić information content (AvgIpc) is 2.89. The van der Waals surface area contributed by atoms with Gasteiger partial charge in [-0.2, -0.15) is 5.10 Å². The molecule has 0 aliphatic rings. The molecular formula is C17H17N5OS. The van der Waals surface area contributed by atoms with E-state index in [0.29, 0.717) is 16.4 Å². The third-order valence-electron chi connectivity index (χ3n) is 3.55. The third-order valence-corrected chi connectivity index (χ3v) is 3.86. The minimum Gasteiger partial charge on any atom is -0.309 e. The van der Waals surface area contributed by atoms with Crippen LogP contribution in [0.2, 0.25) is 0 Å². The zero-order chi connectivity index (χ0) is 17.1. The van der Waals surface area contributed by atoms with Crippen molar-refractivity contribution in [1.29, 1.82) is 0 Å². The molecule has 0 spiro atoms. The van der Waals surface area contributed by atoms with Crippen molar-refractivity contribution in [2.75, 3.05) is 5.32 Å². The molecular weight excluding hydrogens is 322 g/mol. The summed E-state index contributed by atoms with van der Waals surface area (Å²) in [5.74, 6) is 0.943. The van der Waals surface area contributed by atoms with E-state index in [9.17, 15) is 4.79 Å². The summed E-state index contributed by atoms with van der Waals surface area (Å²) in [6.45, 7) is 4.02. The van der Waals surface area contributed by atoms with Crippen LogP contribution in [0.25, 0.3) is 11.4 Å². The molecule has 6 nitrogen and oxygen atoms in total. The average molecular weight is 339 g/mol. The largest absolute Gasteiger partial charge is 0.309 e. The van der Waals surface area contributed by atoms with Gasteiger partial charge in [0, 0.05) is 11.8 Å². The van der Waals surface area contributed by atoms with Gasteiger partial charge < -0.3 is 5.32 Å². The summed E-state index contributed by atoms with van der Waals surface area (Å²) in [6.07, 6.45) is 1.66. The van der Waals surface area contributed by atoms with Crippen LogP contribution in [0.4, 0.5) is 5.82 Å². The first-order valence-electron chi connectivity index (χ1n) is 7.47. The number of aryl methyl sites for hydroxylation is 2. The number of rotatable bonds is 4. The van der Waals surface area contributed by atoms with Gasteiger partial charge >= 0.3 is 0 Å². The first-order chi connectivity index (χ1) is 11.5. The number of carbonyl (C=O) groups excluding carboxylic acids is 1. The Labute approximate surface area is 144 Å². The molecule has 2 aromatic heterocycles. The number of nitrogens with one attached hydrogen (secondary N) is 2. The van der Waals surface area contributed by atoms with Gasteiger partial charge in [-0.1, -0.05) is 29.8 Å². The predicted molar refractivity (Wildman–Crippen MR) is 95.2 cm³/mol. The molecule has 3 aromatic rings. The highest BCUT2D eigenvalue weighted by atomic mass is 32.1. The van der Waals surface area contributed by atoms with Gasteiger partial charge in [-0.3, -0.25) is 14.5 Å². The van der Waals surface area contributed by atoms with Crippen molar-refractivity contribution in [3.05, 3.63) is 58.5 Å². The molecule has 3 rings (SSSR count). The Morgan fingerprint density at radius 2 is 1.96 bits per heavy atom. The number of hydrogen-bond donors (Lipinski definition) is 2. The summed E-state index contributed by atoms with van der Waals surface area (Å²) in [5, 5.41) is 9.77. The van der Waals surface area contributed by atoms with E-state index in [2.05, 4.69) is 20.5 Å². The van der Waals surface area contributed by atoms with Gasteiger partial charge in [-0.05, 0) is 43.8 Å². The number of nitrogens with zero attached hydrogens (tertiary/aromatic N) is 3. The summed E-state index contributed by atoms with van der Waals surface area (Å²) >= 11 is 5.25. The van der Waals surface area contributed by atoms with Crippen molar-refractivity contribution in [1.82, 2.24) is 19.7 Å². The lowest BCUT2D eigenvalue weighted by molar-refractivity contribution is -0.116. The van der Waals surface area contributed by atoms with Crippen molar-refractivity contribution in [2.24, 2.45) is 0 Å². The Balaban J connectivity index is 1.82. The van der Waals surface area contributed by atoms with Crippen molar-refractivity contribution >= 4 is 23.9 Å². The first-order valence-corrected chi connectivity index (χ1v) is 7.88. The van der Waals surface area contributed by atoms with Crippen LogP contribution in [0, 0.1) is 18.6 Å². The van der Waals surface area contributed by atoms with E-state index in [1.54, 1.807) is 10.8 Å². The molecule has 1 aromatic carbocycles. The fraction of sp³-hybridized carbons (Fsp3) is 0.176. The Bertz CT molecular complexity index is 927. The quantitative estimate of drug-likeness (QED) is 0.716. The van der Waals surface area contributed by atoms with Crippen LogP contribution in [0.1, 0.15) is 11.1 Å². The summed E-state index contributed by atoms with van der Waals surface area (Å²) in [5.41, 5.74) is 3.08. The Hall–Kier alpha value is -2.80. The lowest BCUT2D eigenvalue weighted by Gasteiger charge is -2.08. The van der Waals surface area contributed by atoms with Crippen molar-refractivity contribution in [3.8, 4) is 11.4 Å². The van der Waals surface area contributed by atoms with Gasteiger partial charge in [0.25, 0.3) is 0 Å². The maximum Gasteiger partial charge on any atom is 0.245 e. The number of anilines is 1. The summed E-state index contributed by atoms with van der Waals surface area (Å²) < 4.78 is 2.07. The van der Waals surface area contributed by atoms with Crippen molar-refractivity contribution in [2.45, 2.75) is 20.4 Å². The topological polar surface area (TPSA) is 75.6 Å². The highest BCUT2D eigenvalue weighted by molar-refractivity contribution is 7.71. The summed E-state index contributed by atoms with van der Waals surface area (Å²) in [6, 6.07) is 11.6. The van der Waals surface area contributed by atoms with Crippen molar-refractivity contribution < 1.29 is 4.79 Å². The van der Waals surface area contributed by atoms with Gasteiger partial charge in [0.2, 0.25) is 5.91 Å². The molecule has 1 amide bonds. The number of aromatic nitrogens is 4. The minimum absolute atomic E-state index is 0.0637. The number of hydrogen-bond acceptors (Lipinski definition) is 4. The second-order valence-corrected chi connectivity index (χ2v) is 5.96. The van der Waals surface area contributed by atoms with Crippen LogP contribution in [-0.2, 0) is 11.3 Å². The SMILES string of the molecule is Cc1ccc(-c2n[nH]c(=S)n2CC(=O)Nc2cc(C)ccn2)cc1. The number of benzene rings is 1. The molecule has 0 saturated heterocycles. The monoisotopic (exact) mass is 339 g/mol. The van der Waals surface area contributed by atoms with E-state index in [1.165, 1.54) is 0 Å². The molecule has 0 bridgehead atoms. The second-order valence-electron chi connectivity index (χ2n) is 5.57. The Kier molecular flexibility index (Phi) is 4.52. The van der Waals surface area contributed by atoms with E-state index in [4.69, 9.17) is 12.2 Å². The molecule has 2 N–H and O–H groups in total. The maximum absolute atomic E-state index is 12.3. The van der Waals surface area contributed by atoms with E-state index < -0.39 is 0 Å². The van der Waals surface area contributed by atoms with Gasteiger partial charge in [0.15, 0.2) is 10.6 Å². The maximum atomic E-state index is 12.3. The standard InChI is InChI=1S/C17H17N5OS/c1-11-3-5-13(6-4-11)16-20-21-17(24)22(16)10-15(23)19-14-9-12(2)7-8-18-14/h3-9H,10H2,1-2H3,(H,21,24)(H,18,19,23). The highest BCUT2D eigenvalue weighted by Gasteiger charge is 2.12. The first kappa shape index (κ1) is 16.1. The van der Waals surface area contributed by atoms with E-state index in [1.807, 2.05) is 50.2 Å². The molecule has 122 valence electrons. The second kappa shape index (κ2) is 6.76. The molecule has 0 aliphatic heterocycles. The van der Waals surface area contributed by atoms with Crippen molar-refractivity contribution in [3.63, 3.8) is 0 Å². The van der Waals surface area contributed by atoms with Gasteiger partial charge in [-0.25, -0.2) is 4.98 Å². The van der Waals surface area contributed by atoms with Crippen LogP contribution in [0.3, 0.4) is 0 Å². The number of carbonyl (C=O) groups is 1. The zero-order valence-corrected chi connectivity index (χ0v) is 14.2. The highest BCUT2D eigenvalue weighted by Crippen LogP contribution is 2.18. The molecule has 2 heterocycles. The smallest absolute Gasteiger partial charge is 0.245 e. The molecule has 0 fully saturated rings. The van der Waals surface area contributed by atoms with E-state index >= 15 is 0 Å². The van der Waals surface area contributed by atoms with Gasteiger partial charge in [-0.15, -0.1) is 0 Å². The fourth-order valence-corrected chi connectivity index (χ4v) is 2.51. The van der Waals surface area contributed by atoms with Crippen LogP contribution in [0.15, 0.2) is 42.6 Å². The van der Waals surface area contributed by atoms with E-state index in [-0.39, 0.29) is 12.5 Å². The molecule has 0 radical (unpaired) electrons. The number of H-pyrrole nitrogens is 1. The molecule has 24 heavy (non-hydrogen) atoms. The predicted octanol–water partition coefficient (Wildman–Crippen LogP) is 3.26. The summed E-state index contributed by atoms with van der Waals surface area (Å²) in [4.78, 5) is 16.5. The Morgan fingerprint density at radius 1 is 1.21 bits per heavy atom. The lowest BCUT2D eigenvalue weighted by Crippen LogP contribution is -2.20. The minimum atomic E-state index is -0.209. The zero-order valence-electron chi connectivity index (χ0n) is 13.4. The normalized spacial score (nSPS) is 10.6. The van der Waals surface area contributed by atoms with Crippen LogP contribution in [-0.4, -0.2) is 25.7 Å². The Morgan fingerprint density at radius 3 is 2.67 bits per heavy atom. The summed E-state index contributed by atoms with van der Waals surface area (Å²) in [7, 11) is 0. The van der Waals surface area contributed by atoms with Gasteiger partial charge in [0.05, 0.1) is 0 Å². The van der Waals surface area contributed by atoms with Gasteiger partial charge in [0.1, 0.15) is 12.4 Å². The molecule has 0 saturated carbocycles. The molecule has 0 aliphatic carbocycles. The van der Waals surface area contributed by atoms with Crippen LogP contribution >= 0.6 is 12.2 Å². The molecule has 0 unspecified atom stereocenters.